The van der Waals surface area contributed by atoms with Gasteiger partial charge in [0, 0.05) is 19.1 Å². The molecule has 1 aromatic rings. The van der Waals surface area contributed by atoms with Gasteiger partial charge in [0.25, 0.3) is 0 Å². The third-order valence-corrected chi connectivity index (χ3v) is 6.26. The summed E-state index contributed by atoms with van der Waals surface area (Å²) in [4.78, 5) is 11.8. The lowest BCUT2D eigenvalue weighted by Crippen LogP contribution is -2.39. The number of fused-ring (bicyclic) bond motifs is 1. The third-order valence-electron chi connectivity index (χ3n) is 4.27. The Labute approximate surface area is 124 Å². The fourth-order valence-corrected chi connectivity index (χ4v) is 5.09. The van der Waals surface area contributed by atoms with Crippen molar-refractivity contribution in [3.05, 3.63) is 29.8 Å². The van der Waals surface area contributed by atoms with Crippen LogP contribution in [0.15, 0.2) is 29.2 Å². The van der Waals surface area contributed by atoms with Gasteiger partial charge in [0.05, 0.1) is 17.6 Å². The fourth-order valence-electron chi connectivity index (χ4n) is 3.20. The van der Waals surface area contributed by atoms with Crippen LogP contribution in [-0.4, -0.2) is 51.5 Å². The monoisotopic (exact) mass is 310 g/mol. The zero-order chi connectivity index (χ0) is 15.0. The average molecular weight is 310 g/mol. The van der Waals surface area contributed by atoms with E-state index in [4.69, 9.17) is 0 Å². The molecule has 3 rings (SSSR count). The molecule has 1 aromatic carbocycles. The Bertz CT molecular complexity index is 659. The second kappa shape index (κ2) is 5.40. The van der Waals surface area contributed by atoms with Crippen LogP contribution >= 0.6 is 0 Å². The molecule has 0 saturated carbocycles. The van der Waals surface area contributed by atoms with E-state index in [1.807, 2.05) is 0 Å². The van der Waals surface area contributed by atoms with E-state index in [0.29, 0.717) is 19.0 Å². The van der Waals surface area contributed by atoms with Gasteiger partial charge in [-0.15, -0.1) is 0 Å². The minimum absolute atomic E-state index is 0.0132. The standard InChI is InChI=1S/C14H18N2O4S/c1-20-14(17)11-4-2-3-5-13(11)21(18,19)16-7-6-10-8-15-9-12(10)16/h2-5,10,12,15H,6-9H2,1H3/t10-,12+/m0/s1. The van der Waals surface area contributed by atoms with Crippen molar-refractivity contribution in [1.82, 2.24) is 9.62 Å². The Hall–Kier alpha value is -1.44. The molecule has 0 amide bonds. The number of ether oxygens (including phenoxy) is 1. The van der Waals surface area contributed by atoms with Crippen molar-refractivity contribution in [3.8, 4) is 0 Å². The summed E-state index contributed by atoms with van der Waals surface area (Å²) in [5.74, 6) is -0.264. The van der Waals surface area contributed by atoms with Crippen molar-refractivity contribution in [1.29, 1.82) is 0 Å². The van der Waals surface area contributed by atoms with Gasteiger partial charge in [0.15, 0.2) is 0 Å². The van der Waals surface area contributed by atoms with E-state index < -0.39 is 16.0 Å². The molecule has 0 aliphatic carbocycles. The van der Waals surface area contributed by atoms with Gasteiger partial charge >= 0.3 is 5.97 Å². The highest BCUT2D eigenvalue weighted by Crippen LogP contribution is 2.33. The van der Waals surface area contributed by atoms with Crippen LogP contribution in [0.5, 0.6) is 0 Å². The SMILES string of the molecule is COC(=O)c1ccccc1S(=O)(=O)N1CC[C@H]2CNC[C@H]21. The summed E-state index contributed by atoms with van der Waals surface area (Å²) < 4.78 is 32.0. The molecule has 2 aliphatic rings. The fraction of sp³-hybridized carbons (Fsp3) is 0.500. The minimum atomic E-state index is -3.69. The van der Waals surface area contributed by atoms with Gasteiger partial charge in [-0.3, -0.25) is 0 Å². The van der Waals surface area contributed by atoms with Crippen LogP contribution in [0.2, 0.25) is 0 Å². The lowest BCUT2D eigenvalue weighted by Gasteiger charge is -2.23. The first-order valence-corrected chi connectivity index (χ1v) is 8.39. The van der Waals surface area contributed by atoms with Crippen LogP contribution in [0.1, 0.15) is 16.8 Å². The Morgan fingerprint density at radius 3 is 2.86 bits per heavy atom. The first-order valence-electron chi connectivity index (χ1n) is 6.95. The number of esters is 1. The van der Waals surface area contributed by atoms with E-state index in [1.54, 1.807) is 12.1 Å². The molecule has 0 aromatic heterocycles. The van der Waals surface area contributed by atoms with Crippen LogP contribution in [0.3, 0.4) is 0 Å². The van der Waals surface area contributed by atoms with Crippen molar-refractivity contribution in [2.75, 3.05) is 26.7 Å². The Morgan fingerprint density at radius 1 is 1.33 bits per heavy atom. The second-order valence-corrected chi connectivity index (χ2v) is 7.24. The van der Waals surface area contributed by atoms with Crippen molar-refractivity contribution < 1.29 is 17.9 Å². The summed E-state index contributed by atoms with van der Waals surface area (Å²) in [6.45, 7) is 2.04. The number of sulfonamides is 1. The molecule has 0 bridgehead atoms. The van der Waals surface area contributed by atoms with Crippen LogP contribution in [0.4, 0.5) is 0 Å². The topological polar surface area (TPSA) is 75.7 Å². The molecule has 114 valence electrons. The Kier molecular flexibility index (Phi) is 3.73. The molecule has 2 aliphatic heterocycles. The summed E-state index contributed by atoms with van der Waals surface area (Å²) in [6, 6.07) is 6.20. The normalized spacial score (nSPS) is 25.8. The second-order valence-electron chi connectivity index (χ2n) is 5.38. The van der Waals surface area contributed by atoms with E-state index >= 15 is 0 Å². The van der Waals surface area contributed by atoms with E-state index in [9.17, 15) is 13.2 Å². The number of methoxy groups -OCH3 is 1. The lowest BCUT2D eigenvalue weighted by atomic mass is 10.1. The summed E-state index contributed by atoms with van der Waals surface area (Å²) in [5.41, 5.74) is 0.0920. The molecule has 21 heavy (non-hydrogen) atoms. The maximum absolute atomic E-state index is 12.9. The predicted octanol–water partition coefficient (Wildman–Crippen LogP) is 0.456. The minimum Gasteiger partial charge on any atom is -0.465 e. The number of carbonyl (C=O) groups is 1. The van der Waals surface area contributed by atoms with Crippen LogP contribution < -0.4 is 5.32 Å². The number of nitrogens with one attached hydrogen (secondary N) is 1. The van der Waals surface area contributed by atoms with Gasteiger partial charge in [0.2, 0.25) is 10.0 Å². The quantitative estimate of drug-likeness (QED) is 0.821. The molecule has 0 spiro atoms. The van der Waals surface area contributed by atoms with E-state index in [2.05, 4.69) is 10.1 Å². The van der Waals surface area contributed by atoms with Gasteiger partial charge < -0.3 is 10.1 Å². The van der Waals surface area contributed by atoms with Gasteiger partial charge in [-0.1, -0.05) is 12.1 Å². The number of hydrogen-bond donors (Lipinski definition) is 1. The van der Waals surface area contributed by atoms with Crippen LogP contribution in [0.25, 0.3) is 0 Å². The molecule has 2 heterocycles. The van der Waals surface area contributed by atoms with Gasteiger partial charge in [-0.05, 0) is 31.0 Å². The van der Waals surface area contributed by atoms with Crippen molar-refractivity contribution in [2.24, 2.45) is 5.92 Å². The highest BCUT2D eigenvalue weighted by Gasteiger charge is 2.44. The molecule has 0 radical (unpaired) electrons. The lowest BCUT2D eigenvalue weighted by molar-refractivity contribution is 0.0596. The first kappa shape index (κ1) is 14.5. The first-order chi connectivity index (χ1) is 10.1. The molecule has 2 fully saturated rings. The molecular formula is C14H18N2O4S. The average Bonchev–Trinajstić information content (AvgIpc) is 3.09. The Balaban J connectivity index is 2.01. The maximum atomic E-state index is 12.9. The van der Waals surface area contributed by atoms with Crippen molar-refractivity contribution in [2.45, 2.75) is 17.4 Å². The number of benzene rings is 1. The van der Waals surface area contributed by atoms with Gasteiger partial charge in [-0.25, -0.2) is 13.2 Å². The Morgan fingerprint density at radius 2 is 2.10 bits per heavy atom. The third kappa shape index (κ3) is 2.35. The van der Waals surface area contributed by atoms with E-state index in [1.165, 1.54) is 23.5 Å². The summed E-state index contributed by atoms with van der Waals surface area (Å²) >= 11 is 0. The van der Waals surface area contributed by atoms with Crippen molar-refractivity contribution >= 4 is 16.0 Å². The number of hydrogen-bond acceptors (Lipinski definition) is 5. The predicted molar refractivity (Wildman–Crippen MR) is 76.4 cm³/mol. The summed E-state index contributed by atoms with van der Waals surface area (Å²) in [7, 11) is -2.44. The zero-order valence-corrected chi connectivity index (χ0v) is 12.6. The highest BCUT2D eigenvalue weighted by atomic mass is 32.2. The molecule has 0 unspecified atom stereocenters. The maximum Gasteiger partial charge on any atom is 0.339 e. The molecule has 6 nitrogen and oxygen atoms in total. The zero-order valence-electron chi connectivity index (χ0n) is 11.8. The van der Waals surface area contributed by atoms with Crippen molar-refractivity contribution in [3.63, 3.8) is 0 Å². The smallest absolute Gasteiger partial charge is 0.339 e. The summed E-state index contributed by atoms with van der Waals surface area (Å²) in [6.07, 6.45) is 0.858. The molecule has 2 atom stereocenters. The highest BCUT2D eigenvalue weighted by molar-refractivity contribution is 7.89. The molecular weight excluding hydrogens is 292 g/mol. The van der Waals surface area contributed by atoms with E-state index in [0.717, 1.165) is 13.0 Å². The summed E-state index contributed by atoms with van der Waals surface area (Å²) in [5, 5.41) is 3.23. The van der Waals surface area contributed by atoms with Crippen LogP contribution in [0, 0.1) is 5.92 Å². The number of nitrogens with zero attached hydrogens (tertiary/aromatic N) is 1. The number of rotatable bonds is 3. The molecule has 7 heteroatoms. The number of carbonyl (C=O) groups excluding carboxylic acids is 1. The van der Waals surface area contributed by atoms with E-state index in [-0.39, 0.29) is 16.5 Å². The van der Waals surface area contributed by atoms with Gasteiger partial charge in [-0.2, -0.15) is 4.31 Å². The van der Waals surface area contributed by atoms with Gasteiger partial charge in [0.1, 0.15) is 0 Å². The van der Waals surface area contributed by atoms with Crippen LogP contribution in [-0.2, 0) is 14.8 Å². The largest absolute Gasteiger partial charge is 0.465 e. The molecule has 1 N–H and O–H groups in total. The molecule has 2 saturated heterocycles.